The van der Waals surface area contributed by atoms with Crippen LogP contribution >= 0.6 is 0 Å². The maximum absolute atomic E-state index is 13.7. The monoisotopic (exact) mass is 458 g/mol. The zero-order valence-corrected chi connectivity index (χ0v) is 19.0. The summed E-state index contributed by atoms with van der Waals surface area (Å²) in [6, 6.07) is 0.745. The fourth-order valence-electron chi connectivity index (χ4n) is 7.39. The molecule has 0 aromatic rings. The Kier molecular flexibility index (Phi) is 5.02. The molecule has 0 radical (unpaired) electrons. The fourth-order valence-corrected chi connectivity index (χ4v) is 7.39. The third-order valence-electron chi connectivity index (χ3n) is 9.02. The molecule has 6 nitrogen and oxygen atoms in total. The van der Waals surface area contributed by atoms with Gasteiger partial charge < -0.3 is 20.4 Å². The van der Waals surface area contributed by atoms with E-state index in [2.05, 4.69) is 22.4 Å². The van der Waals surface area contributed by atoms with Crippen molar-refractivity contribution in [3.8, 4) is 0 Å². The molecule has 3 aliphatic carbocycles. The minimum absolute atomic E-state index is 0.0796. The number of alkyl halides is 2. The number of halogens is 2. The topological polar surface area (TPSA) is 77.8 Å². The number of methoxy groups -OCH3 is 1. The second kappa shape index (κ2) is 7.72. The summed E-state index contributed by atoms with van der Waals surface area (Å²) in [6.45, 7) is 0. The van der Waals surface area contributed by atoms with Crippen LogP contribution in [0.1, 0.15) is 51.4 Å². The van der Waals surface area contributed by atoms with Gasteiger partial charge in [-0.15, -0.1) is 0 Å². The molecule has 6 unspecified atom stereocenters. The molecular formula is C25H32F2N4O2. The van der Waals surface area contributed by atoms with Gasteiger partial charge in [0.25, 0.3) is 5.92 Å². The summed E-state index contributed by atoms with van der Waals surface area (Å²) in [5.74, 6) is -1.56. The van der Waals surface area contributed by atoms with E-state index < -0.39 is 24.1 Å². The van der Waals surface area contributed by atoms with Crippen LogP contribution in [0.15, 0.2) is 28.4 Å². The molecule has 6 rings (SSSR count). The van der Waals surface area contributed by atoms with Gasteiger partial charge in [0, 0.05) is 43.1 Å². The normalized spacial score (nSPS) is 42.4. The van der Waals surface area contributed by atoms with Gasteiger partial charge in [-0.05, 0) is 68.4 Å². The number of nitrogens with one attached hydrogen (secondary N) is 2. The highest BCUT2D eigenvalue weighted by Gasteiger charge is 2.71. The van der Waals surface area contributed by atoms with Gasteiger partial charge in [-0.25, -0.2) is 13.8 Å². The van der Waals surface area contributed by atoms with Gasteiger partial charge in [-0.1, -0.05) is 6.08 Å². The summed E-state index contributed by atoms with van der Waals surface area (Å²) in [4.78, 5) is 19.3. The molecule has 0 amide bonds. The molecule has 6 atom stereocenters. The van der Waals surface area contributed by atoms with E-state index >= 15 is 0 Å². The van der Waals surface area contributed by atoms with E-state index in [4.69, 9.17) is 15.1 Å². The minimum atomic E-state index is -2.43. The molecule has 33 heavy (non-hydrogen) atoms. The van der Waals surface area contributed by atoms with Crippen LogP contribution in [0.25, 0.3) is 0 Å². The molecule has 2 saturated carbocycles. The third kappa shape index (κ3) is 3.47. The zero-order chi connectivity index (χ0) is 22.9. The van der Waals surface area contributed by atoms with Crippen molar-refractivity contribution in [1.29, 1.82) is 5.41 Å². The van der Waals surface area contributed by atoms with Crippen molar-refractivity contribution < 1.29 is 18.3 Å². The first-order valence-corrected chi connectivity index (χ1v) is 12.4. The molecule has 4 fully saturated rings. The second-order valence-corrected chi connectivity index (χ2v) is 10.8. The smallest absolute Gasteiger partial charge is 0.254 e. The summed E-state index contributed by atoms with van der Waals surface area (Å²) in [7, 11) is 1.65. The highest BCUT2D eigenvalue weighted by Crippen LogP contribution is 2.67. The van der Waals surface area contributed by atoms with Crippen molar-refractivity contribution in [2.24, 2.45) is 34.6 Å². The summed E-state index contributed by atoms with van der Waals surface area (Å²) >= 11 is 0. The van der Waals surface area contributed by atoms with Gasteiger partial charge >= 0.3 is 0 Å². The number of carbonyl (C=O) groups is 1. The molecule has 0 spiro atoms. The van der Waals surface area contributed by atoms with Gasteiger partial charge in [-0.3, -0.25) is 4.79 Å². The van der Waals surface area contributed by atoms with E-state index in [0.29, 0.717) is 37.3 Å². The summed E-state index contributed by atoms with van der Waals surface area (Å²) in [5.41, 5.74) is 2.29. The van der Waals surface area contributed by atoms with E-state index in [1.54, 1.807) is 7.11 Å². The zero-order valence-electron chi connectivity index (χ0n) is 19.0. The SMILES string of the molecule is COC1N=C(N2C3CCC2CC(CC(=O)C=N)C3)C2CC=C(C3CC4C(C3)C4(F)F)C=C2N1. The molecule has 8 heteroatoms. The molecule has 2 N–H and O–H groups in total. The Labute approximate surface area is 193 Å². The maximum atomic E-state index is 13.7. The quantitative estimate of drug-likeness (QED) is 0.613. The number of amidine groups is 1. The highest BCUT2D eigenvalue weighted by atomic mass is 19.3. The summed E-state index contributed by atoms with van der Waals surface area (Å²) < 4.78 is 33.0. The number of carbonyl (C=O) groups excluding carboxylic acids is 1. The summed E-state index contributed by atoms with van der Waals surface area (Å²) in [5, 5.41) is 10.7. The Bertz CT molecular complexity index is 932. The van der Waals surface area contributed by atoms with Crippen molar-refractivity contribution in [3.05, 3.63) is 23.4 Å². The van der Waals surface area contributed by atoms with Crippen LogP contribution in [-0.2, 0) is 9.53 Å². The molecule has 2 saturated heterocycles. The first kappa shape index (κ1) is 21.4. The first-order chi connectivity index (χ1) is 15.9. The van der Waals surface area contributed by atoms with E-state index in [1.807, 2.05) is 0 Å². The number of rotatable bonds is 5. The molecule has 3 aliphatic heterocycles. The molecule has 0 aromatic carbocycles. The predicted octanol–water partition coefficient (Wildman–Crippen LogP) is 3.89. The lowest BCUT2D eigenvalue weighted by molar-refractivity contribution is -0.113. The number of Topliss-reactive ketones (excluding diaryl/α,β-unsaturated/α-hetero) is 1. The van der Waals surface area contributed by atoms with Crippen LogP contribution in [0.2, 0.25) is 0 Å². The number of fused-ring (bicyclic) bond motifs is 4. The number of nitrogens with zero attached hydrogens (tertiary/aromatic N) is 2. The Balaban J connectivity index is 1.20. The molecule has 178 valence electrons. The second-order valence-electron chi connectivity index (χ2n) is 10.8. The predicted molar refractivity (Wildman–Crippen MR) is 120 cm³/mol. The van der Waals surface area contributed by atoms with Gasteiger partial charge in [-0.2, -0.15) is 0 Å². The van der Waals surface area contributed by atoms with Crippen LogP contribution < -0.4 is 5.32 Å². The number of ether oxygens (including phenoxy) is 1. The molecule has 0 aromatic heterocycles. The van der Waals surface area contributed by atoms with Crippen LogP contribution in [0.4, 0.5) is 8.78 Å². The van der Waals surface area contributed by atoms with Gasteiger partial charge in [0.2, 0.25) is 6.35 Å². The number of hydrogen-bond donors (Lipinski definition) is 2. The van der Waals surface area contributed by atoms with Gasteiger partial charge in [0.15, 0.2) is 5.78 Å². The Morgan fingerprint density at radius 2 is 1.97 bits per heavy atom. The minimum Gasteiger partial charge on any atom is -0.354 e. The van der Waals surface area contributed by atoms with Crippen molar-refractivity contribution in [2.75, 3.05) is 7.11 Å². The Morgan fingerprint density at radius 3 is 2.61 bits per heavy atom. The molecule has 6 aliphatic rings. The van der Waals surface area contributed by atoms with Gasteiger partial charge in [0.05, 0.1) is 12.1 Å². The highest BCUT2D eigenvalue weighted by molar-refractivity contribution is 6.26. The van der Waals surface area contributed by atoms with Crippen molar-refractivity contribution in [1.82, 2.24) is 10.2 Å². The lowest BCUT2D eigenvalue weighted by Gasteiger charge is -2.46. The van der Waals surface area contributed by atoms with Crippen molar-refractivity contribution in [3.63, 3.8) is 0 Å². The average Bonchev–Trinajstić information content (AvgIpc) is 3.14. The maximum Gasteiger partial charge on any atom is 0.254 e. The number of hydrogen-bond acceptors (Lipinski definition) is 6. The van der Waals surface area contributed by atoms with Gasteiger partial charge in [0.1, 0.15) is 5.84 Å². The largest absolute Gasteiger partial charge is 0.354 e. The molecule has 2 bridgehead atoms. The van der Waals surface area contributed by atoms with Crippen molar-refractivity contribution >= 4 is 17.8 Å². The number of ketones is 1. The molecule has 3 heterocycles. The average molecular weight is 459 g/mol. The lowest BCUT2D eigenvalue weighted by Crippen LogP contribution is -2.54. The first-order valence-electron chi connectivity index (χ1n) is 12.4. The Hall–Kier alpha value is -2.09. The number of aliphatic imine (C=N–C) groups is 1. The third-order valence-corrected chi connectivity index (χ3v) is 9.02. The van der Waals surface area contributed by atoms with Crippen LogP contribution in [0.3, 0.4) is 0 Å². The lowest BCUT2D eigenvalue weighted by atomic mass is 9.82. The number of allylic oxidation sites excluding steroid dienone is 3. The van der Waals surface area contributed by atoms with E-state index in [0.717, 1.165) is 49.9 Å². The Morgan fingerprint density at radius 1 is 1.27 bits per heavy atom. The van der Waals surface area contributed by atoms with Crippen LogP contribution in [0.5, 0.6) is 0 Å². The fraction of sp³-hybridized carbons (Fsp3) is 0.720. The standard InChI is InChI=1S/C25H32F2N4O2/c1-33-24-29-22-11-14(15-9-20-21(10-15)25(20,26)27)2-5-19(22)23(30-24)31-16-3-4-17(31)7-13(6-16)8-18(32)12-28/h2,11-13,15-17,19-21,24,28-29H,3-10H2,1H3. The van der Waals surface area contributed by atoms with Crippen molar-refractivity contribution in [2.45, 2.75) is 75.7 Å². The van der Waals surface area contributed by atoms with Crippen LogP contribution in [-0.4, -0.2) is 54.2 Å². The van der Waals surface area contributed by atoms with Crippen LogP contribution in [0, 0.1) is 35.0 Å². The van der Waals surface area contributed by atoms with E-state index in [-0.39, 0.29) is 17.6 Å². The van der Waals surface area contributed by atoms with E-state index in [9.17, 15) is 13.6 Å². The van der Waals surface area contributed by atoms with E-state index in [1.165, 1.54) is 5.57 Å². The summed E-state index contributed by atoms with van der Waals surface area (Å²) in [6.07, 6.45) is 11.6. The molecular weight excluding hydrogens is 426 g/mol. The number of piperidine rings is 1.